The quantitative estimate of drug-likeness (QED) is 0.920. The van der Waals surface area contributed by atoms with Crippen LogP contribution >= 0.6 is 11.3 Å². The number of nitrogens with one attached hydrogen (secondary N) is 1. The summed E-state index contributed by atoms with van der Waals surface area (Å²) in [6.45, 7) is 6.62. The molecule has 1 aromatic heterocycles. The molecule has 2 heterocycles. The highest BCUT2D eigenvalue weighted by atomic mass is 32.1. The minimum Gasteiger partial charge on any atom is -0.309 e. The van der Waals surface area contributed by atoms with Gasteiger partial charge >= 0.3 is 0 Å². The van der Waals surface area contributed by atoms with Crippen molar-refractivity contribution < 1.29 is 0 Å². The van der Waals surface area contributed by atoms with E-state index in [1.165, 1.54) is 47.9 Å². The Morgan fingerprint density at radius 1 is 1.30 bits per heavy atom. The van der Waals surface area contributed by atoms with Crippen LogP contribution in [-0.2, 0) is 6.54 Å². The third kappa shape index (κ3) is 3.39. The Morgan fingerprint density at radius 2 is 2.10 bits per heavy atom. The standard InChI is InChI=1S/C15H26N4S/c1-11-14(9-16-12-5-6-12)20-15(17-11)13-10-18(2)7-4-8-19(13)3/h12-13,16H,4-10H2,1-3H3. The Balaban J connectivity index is 1.72. The second-order valence-electron chi connectivity index (χ2n) is 6.33. The molecule has 2 aliphatic rings. The van der Waals surface area contributed by atoms with Gasteiger partial charge in [-0.2, -0.15) is 0 Å². The fourth-order valence-electron chi connectivity index (χ4n) is 2.82. The van der Waals surface area contributed by atoms with Gasteiger partial charge in [-0.05, 0) is 53.4 Å². The number of aromatic nitrogens is 1. The SMILES string of the molecule is Cc1nc(C2CN(C)CCCN2C)sc1CNC1CC1. The van der Waals surface area contributed by atoms with Gasteiger partial charge in [0, 0.05) is 24.0 Å². The lowest BCUT2D eigenvalue weighted by molar-refractivity contribution is 0.228. The molecule has 1 unspecified atom stereocenters. The van der Waals surface area contributed by atoms with Gasteiger partial charge < -0.3 is 10.2 Å². The van der Waals surface area contributed by atoms with Crippen LogP contribution in [-0.4, -0.2) is 54.6 Å². The van der Waals surface area contributed by atoms with Crippen molar-refractivity contribution in [2.24, 2.45) is 0 Å². The fourth-order valence-corrected chi connectivity index (χ4v) is 3.99. The van der Waals surface area contributed by atoms with Gasteiger partial charge in [0.15, 0.2) is 0 Å². The number of rotatable bonds is 4. The summed E-state index contributed by atoms with van der Waals surface area (Å²) in [4.78, 5) is 11.2. The summed E-state index contributed by atoms with van der Waals surface area (Å²) in [6.07, 6.45) is 3.95. The Kier molecular flexibility index (Phi) is 4.40. The van der Waals surface area contributed by atoms with Crippen LogP contribution in [0.1, 0.15) is 40.9 Å². The van der Waals surface area contributed by atoms with Crippen LogP contribution < -0.4 is 5.32 Å². The number of thiazole rings is 1. The second-order valence-corrected chi connectivity index (χ2v) is 7.44. The maximum Gasteiger partial charge on any atom is 0.112 e. The van der Waals surface area contributed by atoms with Gasteiger partial charge in [0.1, 0.15) is 5.01 Å². The van der Waals surface area contributed by atoms with E-state index in [4.69, 9.17) is 4.98 Å². The fraction of sp³-hybridized carbons (Fsp3) is 0.800. The topological polar surface area (TPSA) is 31.4 Å². The summed E-state index contributed by atoms with van der Waals surface area (Å²) < 4.78 is 0. The van der Waals surface area contributed by atoms with E-state index in [0.717, 1.165) is 19.1 Å². The number of aryl methyl sites for hydroxylation is 1. The highest BCUT2D eigenvalue weighted by molar-refractivity contribution is 7.11. The van der Waals surface area contributed by atoms with Crippen LogP contribution in [0.2, 0.25) is 0 Å². The lowest BCUT2D eigenvalue weighted by atomic mass is 10.2. The number of hydrogen-bond acceptors (Lipinski definition) is 5. The van der Waals surface area contributed by atoms with Gasteiger partial charge in [0.25, 0.3) is 0 Å². The van der Waals surface area contributed by atoms with Crippen molar-refractivity contribution in [3.05, 3.63) is 15.6 Å². The van der Waals surface area contributed by atoms with E-state index in [0.29, 0.717) is 6.04 Å². The van der Waals surface area contributed by atoms with Crippen LogP contribution in [0.4, 0.5) is 0 Å². The minimum atomic E-state index is 0.459. The smallest absolute Gasteiger partial charge is 0.112 e. The maximum atomic E-state index is 4.87. The van der Waals surface area contributed by atoms with Crippen molar-refractivity contribution in [1.29, 1.82) is 0 Å². The number of hydrogen-bond donors (Lipinski definition) is 1. The van der Waals surface area contributed by atoms with Crippen molar-refractivity contribution >= 4 is 11.3 Å². The Labute approximate surface area is 126 Å². The highest BCUT2D eigenvalue weighted by Crippen LogP contribution is 2.30. The first-order valence-corrected chi connectivity index (χ1v) is 8.53. The Morgan fingerprint density at radius 3 is 2.85 bits per heavy atom. The summed E-state index contributed by atoms with van der Waals surface area (Å²) in [7, 11) is 4.46. The molecule has 0 radical (unpaired) electrons. The molecule has 4 nitrogen and oxygen atoms in total. The van der Waals surface area contributed by atoms with E-state index in [-0.39, 0.29) is 0 Å². The molecule has 1 saturated carbocycles. The Bertz CT molecular complexity index is 455. The molecule has 1 atom stereocenters. The molecule has 0 aromatic carbocycles. The summed E-state index contributed by atoms with van der Waals surface area (Å²) in [5, 5.41) is 4.91. The summed E-state index contributed by atoms with van der Waals surface area (Å²) in [5.41, 5.74) is 1.22. The first-order chi connectivity index (χ1) is 9.63. The largest absolute Gasteiger partial charge is 0.309 e. The first kappa shape index (κ1) is 14.4. The predicted molar refractivity (Wildman–Crippen MR) is 84.2 cm³/mol. The zero-order chi connectivity index (χ0) is 14.1. The van der Waals surface area contributed by atoms with Gasteiger partial charge in [-0.25, -0.2) is 4.98 Å². The lowest BCUT2D eigenvalue weighted by Crippen LogP contribution is -2.30. The van der Waals surface area contributed by atoms with Gasteiger partial charge in [0.05, 0.1) is 11.7 Å². The molecule has 1 aromatic rings. The molecule has 0 spiro atoms. The molecule has 1 saturated heterocycles. The van der Waals surface area contributed by atoms with E-state index < -0.39 is 0 Å². The molecule has 20 heavy (non-hydrogen) atoms. The highest BCUT2D eigenvalue weighted by Gasteiger charge is 2.26. The van der Waals surface area contributed by atoms with Crippen LogP contribution in [0.5, 0.6) is 0 Å². The molecular weight excluding hydrogens is 268 g/mol. The molecular formula is C15H26N4S. The monoisotopic (exact) mass is 294 g/mol. The minimum absolute atomic E-state index is 0.459. The van der Waals surface area contributed by atoms with Crippen molar-refractivity contribution in [2.45, 2.75) is 44.8 Å². The van der Waals surface area contributed by atoms with Crippen LogP contribution in [0.15, 0.2) is 0 Å². The number of nitrogens with zero attached hydrogens (tertiary/aromatic N) is 3. The molecule has 1 aliphatic heterocycles. The molecule has 2 fully saturated rings. The summed E-state index contributed by atoms with van der Waals surface area (Å²) >= 11 is 1.91. The second kappa shape index (κ2) is 6.10. The molecule has 0 amide bonds. The van der Waals surface area contributed by atoms with E-state index in [2.05, 4.69) is 36.1 Å². The van der Waals surface area contributed by atoms with Crippen LogP contribution in [0, 0.1) is 6.92 Å². The lowest BCUT2D eigenvalue weighted by Gasteiger charge is -2.25. The van der Waals surface area contributed by atoms with E-state index >= 15 is 0 Å². The third-order valence-corrected chi connectivity index (χ3v) is 5.65. The number of likely N-dealkylation sites (N-methyl/N-ethyl adjacent to an activating group) is 2. The van der Waals surface area contributed by atoms with Gasteiger partial charge in [-0.3, -0.25) is 4.90 Å². The van der Waals surface area contributed by atoms with Crippen molar-refractivity contribution in [3.8, 4) is 0 Å². The zero-order valence-electron chi connectivity index (χ0n) is 12.9. The average Bonchev–Trinajstić information content (AvgIpc) is 3.18. The molecule has 112 valence electrons. The van der Waals surface area contributed by atoms with E-state index in [1.54, 1.807) is 0 Å². The summed E-state index contributed by atoms with van der Waals surface area (Å²) in [5.74, 6) is 0. The average molecular weight is 294 g/mol. The van der Waals surface area contributed by atoms with Crippen molar-refractivity contribution in [2.75, 3.05) is 33.7 Å². The van der Waals surface area contributed by atoms with Crippen LogP contribution in [0.25, 0.3) is 0 Å². The van der Waals surface area contributed by atoms with Gasteiger partial charge in [-0.15, -0.1) is 11.3 Å². The molecule has 1 aliphatic carbocycles. The molecule has 1 N–H and O–H groups in total. The van der Waals surface area contributed by atoms with Crippen molar-refractivity contribution in [3.63, 3.8) is 0 Å². The van der Waals surface area contributed by atoms with Crippen LogP contribution in [0.3, 0.4) is 0 Å². The van der Waals surface area contributed by atoms with Gasteiger partial charge in [-0.1, -0.05) is 0 Å². The normalized spacial score (nSPS) is 25.9. The van der Waals surface area contributed by atoms with Gasteiger partial charge in [0.2, 0.25) is 0 Å². The Hall–Kier alpha value is -0.490. The maximum absolute atomic E-state index is 4.87. The predicted octanol–water partition coefficient (Wildman–Crippen LogP) is 2.01. The van der Waals surface area contributed by atoms with E-state index in [1.807, 2.05) is 11.3 Å². The first-order valence-electron chi connectivity index (χ1n) is 7.72. The third-order valence-electron chi connectivity index (χ3n) is 4.39. The molecule has 0 bridgehead atoms. The molecule has 3 rings (SSSR count). The molecule has 5 heteroatoms. The van der Waals surface area contributed by atoms with Crippen molar-refractivity contribution in [1.82, 2.24) is 20.1 Å². The van der Waals surface area contributed by atoms with E-state index in [9.17, 15) is 0 Å². The zero-order valence-corrected chi connectivity index (χ0v) is 13.7. The summed E-state index contributed by atoms with van der Waals surface area (Å²) in [6, 6.07) is 1.23.